The largest absolute Gasteiger partial charge is 0.396 e. The van der Waals surface area contributed by atoms with Gasteiger partial charge in [-0.25, -0.2) is 0 Å². The molecular weight excluding hydrogens is 308 g/mol. The predicted molar refractivity (Wildman–Crippen MR) is 105 cm³/mol. The van der Waals surface area contributed by atoms with Crippen LogP contribution in [0.5, 0.6) is 0 Å². The maximum Gasteiger partial charge on any atom is 0.0460 e. The lowest BCUT2D eigenvalue weighted by Crippen LogP contribution is -2.34. The van der Waals surface area contributed by atoms with Crippen LogP contribution < -0.4 is 10.2 Å². The van der Waals surface area contributed by atoms with E-state index in [2.05, 4.69) is 72.6 Å². The first-order valence-electron chi connectivity index (χ1n) is 9.40. The number of aliphatic hydroxyl groups excluding tert-OH is 1. The van der Waals surface area contributed by atoms with Crippen LogP contribution in [0.1, 0.15) is 42.5 Å². The average Bonchev–Trinajstić information content (AvgIpc) is 2.66. The predicted octanol–water partition coefficient (Wildman–Crippen LogP) is 4.05. The van der Waals surface area contributed by atoms with E-state index in [4.69, 9.17) is 0 Å². The molecule has 2 N–H and O–H groups in total. The Kier molecular flexibility index (Phi) is 6.11. The van der Waals surface area contributed by atoms with Crippen LogP contribution >= 0.6 is 0 Å². The minimum Gasteiger partial charge on any atom is -0.396 e. The summed E-state index contributed by atoms with van der Waals surface area (Å²) in [5.41, 5.74) is 5.25. The van der Waals surface area contributed by atoms with Crippen molar-refractivity contribution in [1.29, 1.82) is 0 Å². The molecule has 0 aromatic heterocycles. The zero-order valence-electron chi connectivity index (χ0n) is 15.4. The molecular formula is C22H30N2O. The van der Waals surface area contributed by atoms with Crippen LogP contribution in [0.2, 0.25) is 0 Å². The number of benzene rings is 2. The Labute approximate surface area is 151 Å². The summed E-state index contributed by atoms with van der Waals surface area (Å²) in [5.74, 6) is 0.489. The van der Waals surface area contributed by atoms with Crippen molar-refractivity contribution in [1.82, 2.24) is 5.32 Å². The van der Waals surface area contributed by atoms with Crippen molar-refractivity contribution in [2.75, 3.05) is 24.6 Å². The van der Waals surface area contributed by atoms with Crippen molar-refractivity contribution >= 4 is 5.69 Å². The molecule has 25 heavy (non-hydrogen) atoms. The molecule has 1 aliphatic heterocycles. The first kappa shape index (κ1) is 18.0. The summed E-state index contributed by atoms with van der Waals surface area (Å²) >= 11 is 0. The standard InChI is InChI=1S/C22H30N2O/c1-17-4-3-5-21(14-17)18(2)23-15-19-6-8-22(9-7-19)24-12-10-20(16-25)11-13-24/h3-9,14,18,20,23,25H,10-13,15-16H2,1-2H3. The molecule has 134 valence electrons. The summed E-state index contributed by atoms with van der Waals surface area (Å²) in [6.07, 6.45) is 2.18. The molecule has 1 saturated heterocycles. The van der Waals surface area contributed by atoms with E-state index in [0.29, 0.717) is 18.6 Å². The average molecular weight is 338 g/mol. The molecule has 1 aliphatic rings. The van der Waals surface area contributed by atoms with Gasteiger partial charge < -0.3 is 15.3 Å². The summed E-state index contributed by atoms with van der Waals surface area (Å²) in [5, 5.41) is 12.9. The zero-order chi connectivity index (χ0) is 17.6. The van der Waals surface area contributed by atoms with Crippen molar-refractivity contribution in [3.63, 3.8) is 0 Å². The van der Waals surface area contributed by atoms with Gasteiger partial charge in [-0.3, -0.25) is 0 Å². The van der Waals surface area contributed by atoms with Crippen molar-refractivity contribution < 1.29 is 5.11 Å². The lowest BCUT2D eigenvalue weighted by molar-refractivity contribution is 0.203. The first-order chi connectivity index (χ1) is 12.2. The van der Waals surface area contributed by atoms with Gasteiger partial charge in [-0.1, -0.05) is 42.0 Å². The second-order valence-corrected chi connectivity index (χ2v) is 7.30. The van der Waals surface area contributed by atoms with E-state index in [9.17, 15) is 5.11 Å². The molecule has 0 amide bonds. The van der Waals surface area contributed by atoms with Crippen LogP contribution in [0.4, 0.5) is 5.69 Å². The molecule has 0 spiro atoms. The Hall–Kier alpha value is -1.84. The fourth-order valence-corrected chi connectivity index (χ4v) is 3.53. The van der Waals surface area contributed by atoms with Gasteiger partial charge in [0.2, 0.25) is 0 Å². The fraction of sp³-hybridized carbons (Fsp3) is 0.455. The van der Waals surface area contributed by atoms with Gasteiger partial charge in [-0.05, 0) is 55.9 Å². The summed E-state index contributed by atoms with van der Waals surface area (Å²) in [6.45, 7) is 7.66. The number of piperidine rings is 1. The van der Waals surface area contributed by atoms with E-state index in [1.165, 1.54) is 22.4 Å². The number of nitrogens with one attached hydrogen (secondary N) is 1. The Morgan fingerprint density at radius 1 is 1.12 bits per heavy atom. The number of hydrogen-bond donors (Lipinski definition) is 2. The molecule has 3 rings (SSSR count). The van der Waals surface area contributed by atoms with Gasteiger partial charge in [0.05, 0.1) is 0 Å². The Morgan fingerprint density at radius 3 is 2.48 bits per heavy atom. The molecule has 0 saturated carbocycles. The third-order valence-corrected chi connectivity index (χ3v) is 5.33. The van der Waals surface area contributed by atoms with E-state index in [1.807, 2.05) is 0 Å². The molecule has 0 bridgehead atoms. The fourth-order valence-electron chi connectivity index (χ4n) is 3.53. The van der Waals surface area contributed by atoms with Gasteiger partial charge in [-0.2, -0.15) is 0 Å². The monoisotopic (exact) mass is 338 g/mol. The topological polar surface area (TPSA) is 35.5 Å². The van der Waals surface area contributed by atoms with Gasteiger partial charge in [0.15, 0.2) is 0 Å². The molecule has 0 radical (unpaired) electrons. The second-order valence-electron chi connectivity index (χ2n) is 7.30. The number of aliphatic hydroxyl groups is 1. The van der Waals surface area contributed by atoms with Crippen LogP contribution in [0.25, 0.3) is 0 Å². The maximum absolute atomic E-state index is 9.26. The number of hydrogen-bond acceptors (Lipinski definition) is 3. The highest BCUT2D eigenvalue weighted by Crippen LogP contribution is 2.23. The second kappa shape index (κ2) is 8.50. The van der Waals surface area contributed by atoms with E-state index in [0.717, 1.165) is 32.5 Å². The van der Waals surface area contributed by atoms with Crippen molar-refractivity contribution in [2.24, 2.45) is 5.92 Å². The van der Waals surface area contributed by atoms with Crippen molar-refractivity contribution in [3.05, 3.63) is 65.2 Å². The Bertz CT molecular complexity index is 660. The maximum atomic E-state index is 9.26. The van der Waals surface area contributed by atoms with Gasteiger partial charge in [0.25, 0.3) is 0 Å². The molecule has 2 aromatic carbocycles. The van der Waals surface area contributed by atoms with Crippen LogP contribution in [0, 0.1) is 12.8 Å². The molecule has 1 heterocycles. The molecule has 3 heteroatoms. The molecule has 0 aliphatic carbocycles. The highest BCUT2D eigenvalue weighted by atomic mass is 16.3. The summed E-state index contributed by atoms with van der Waals surface area (Å²) in [6, 6.07) is 17.9. The summed E-state index contributed by atoms with van der Waals surface area (Å²) in [4.78, 5) is 2.43. The Balaban J connectivity index is 1.52. The highest BCUT2D eigenvalue weighted by molar-refractivity contribution is 5.48. The first-order valence-corrected chi connectivity index (χ1v) is 9.40. The molecule has 1 atom stereocenters. The van der Waals surface area contributed by atoms with Crippen LogP contribution in [0.3, 0.4) is 0 Å². The van der Waals surface area contributed by atoms with Crippen LogP contribution in [-0.2, 0) is 6.54 Å². The lowest BCUT2D eigenvalue weighted by atomic mass is 9.97. The molecule has 1 unspecified atom stereocenters. The van der Waals surface area contributed by atoms with E-state index >= 15 is 0 Å². The normalized spacial score (nSPS) is 16.8. The highest BCUT2D eigenvalue weighted by Gasteiger charge is 2.18. The lowest BCUT2D eigenvalue weighted by Gasteiger charge is -2.33. The number of rotatable bonds is 6. The smallest absolute Gasteiger partial charge is 0.0460 e. The minimum atomic E-state index is 0.331. The SMILES string of the molecule is Cc1cccc(C(C)NCc2ccc(N3CCC(CO)CC3)cc2)c1. The Morgan fingerprint density at radius 2 is 1.84 bits per heavy atom. The quantitative estimate of drug-likeness (QED) is 0.834. The van der Waals surface area contributed by atoms with Gasteiger partial charge >= 0.3 is 0 Å². The summed E-state index contributed by atoms with van der Waals surface area (Å²) in [7, 11) is 0. The molecule has 3 nitrogen and oxygen atoms in total. The van der Waals surface area contributed by atoms with E-state index in [-0.39, 0.29) is 0 Å². The number of aryl methyl sites for hydroxylation is 1. The van der Waals surface area contributed by atoms with Crippen molar-refractivity contribution in [3.8, 4) is 0 Å². The molecule has 2 aromatic rings. The zero-order valence-corrected chi connectivity index (χ0v) is 15.4. The van der Waals surface area contributed by atoms with Crippen LogP contribution in [0.15, 0.2) is 48.5 Å². The third-order valence-electron chi connectivity index (χ3n) is 5.33. The third kappa shape index (κ3) is 4.83. The minimum absolute atomic E-state index is 0.331. The van der Waals surface area contributed by atoms with Crippen LogP contribution in [-0.4, -0.2) is 24.8 Å². The van der Waals surface area contributed by atoms with Gasteiger partial charge in [0, 0.05) is 38.0 Å². The van der Waals surface area contributed by atoms with Crippen molar-refractivity contribution in [2.45, 2.75) is 39.3 Å². The summed E-state index contributed by atoms with van der Waals surface area (Å²) < 4.78 is 0. The van der Waals surface area contributed by atoms with Gasteiger partial charge in [-0.15, -0.1) is 0 Å². The van der Waals surface area contributed by atoms with E-state index in [1.54, 1.807) is 0 Å². The van der Waals surface area contributed by atoms with E-state index < -0.39 is 0 Å². The van der Waals surface area contributed by atoms with Gasteiger partial charge in [0.1, 0.15) is 0 Å². The molecule has 1 fully saturated rings. The number of nitrogens with zero attached hydrogens (tertiary/aromatic N) is 1. The number of anilines is 1.